The van der Waals surface area contributed by atoms with Gasteiger partial charge in [-0.05, 0) is 56.2 Å². The van der Waals surface area contributed by atoms with E-state index in [0.29, 0.717) is 46.8 Å². The number of rotatable bonds is 6. The van der Waals surface area contributed by atoms with Gasteiger partial charge in [-0.1, -0.05) is 41.9 Å². The fourth-order valence-corrected chi connectivity index (χ4v) is 5.21. The van der Waals surface area contributed by atoms with E-state index in [1.165, 1.54) is 16.7 Å². The highest BCUT2D eigenvalue weighted by Crippen LogP contribution is 2.34. The van der Waals surface area contributed by atoms with Crippen molar-refractivity contribution in [2.45, 2.75) is 43.1 Å². The van der Waals surface area contributed by atoms with Crippen molar-refractivity contribution in [2.24, 2.45) is 0 Å². The summed E-state index contributed by atoms with van der Waals surface area (Å²) in [6, 6.07) is 14.3. The molecule has 2 heterocycles. The van der Waals surface area contributed by atoms with Gasteiger partial charge in [-0.3, -0.25) is 14.5 Å². The number of amides is 2. The quantitative estimate of drug-likeness (QED) is 0.461. The number of para-hydroxylation sites is 1. The average molecular weight is 485 g/mol. The molecule has 9 heteroatoms. The minimum absolute atomic E-state index is 0.193. The Hall–Kier alpha value is -2.84. The van der Waals surface area contributed by atoms with Crippen LogP contribution in [0.4, 0.5) is 0 Å². The number of likely N-dealkylation sites (tertiary alicyclic amines) is 1. The molecule has 1 atom stereocenters. The van der Waals surface area contributed by atoms with Gasteiger partial charge in [0.1, 0.15) is 5.75 Å². The molecular formula is C24H25ClN4O3S. The minimum Gasteiger partial charge on any atom is -0.496 e. The monoisotopic (exact) mass is 484 g/mol. The van der Waals surface area contributed by atoms with Gasteiger partial charge in [0.2, 0.25) is 5.91 Å². The molecule has 1 aliphatic rings. The number of thioether (sulfide) groups is 1. The minimum atomic E-state index is -0.413. The number of hydrogen-bond acceptors (Lipinski definition) is 6. The lowest BCUT2D eigenvalue weighted by atomic mass is 10.2. The van der Waals surface area contributed by atoms with Crippen LogP contribution in [-0.4, -0.2) is 50.4 Å². The second-order valence-corrected chi connectivity index (χ2v) is 9.26. The van der Waals surface area contributed by atoms with Gasteiger partial charge in [-0.2, -0.15) is 0 Å². The number of aromatic nitrogens is 3. The van der Waals surface area contributed by atoms with Gasteiger partial charge in [0.05, 0.1) is 17.9 Å². The summed E-state index contributed by atoms with van der Waals surface area (Å²) < 4.78 is 7.47. The van der Waals surface area contributed by atoms with Gasteiger partial charge in [0.15, 0.2) is 11.0 Å². The van der Waals surface area contributed by atoms with E-state index in [-0.39, 0.29) is 11.8 Å². The third-order valence-electron chi connectivity index (χ3n) is 5.60. The Labute approximate surface area is 202 Å². The first-order chi connectivity index (χ1) is 16.0. The number of benzene rings is 2. The molecule has 0 unspecified atom stereocenters. The number of imide groups is 1. The highest BCUT2D eigenvalue weighted by molar-refractivity contribution is 8.00. The standard InChI is InChI=1S/C24H25ClN4O3S/c1-3-28-21(18-8-4-5-9-19(18)32-2)26-27-24(28)33-20-10-6-7-15-29(23(20)31)22(30)16-11-13-17(25)14-12-16/h4-5,8-9,11-14,20H,3,6-7,10,15H2,1-2H3/t20-/m1/s1. The van der Waals surface area contributed by atoms with Gasteiger partial charge in [0, 0.05) is 23.7 Å². The SMILES string of the molecule is CCn1c(S[C@@H]2CCCCN(C(=O)c3ccc(Cl)cc3)C2=O)nnc1-c1ccccc1OC. The van der Waals surface area contributed by atoms with Gasteiger partial charge >= 0.3 is 0 Å². The molecule has 0 bridgehead atoms. The molecule has 1 fully saturated rings. The topological polar surface area (TPSA) is 77.3 Å². The van der Waals surface area contributed by atoms with Crippen molar-refractivity contribution in [3.63, 3.8) is 0 Å². The first-order valence-electron chi connectivity index (χ1n) is 10.9. The van der Waals surface area contributed by atoms with Crippen LogP contribution in [0.25, 0.3) is 11.4 Å². The Bertz CT molecular complexity index is 1150. The Kier molecular flexibility index (Phi) is 7.35. The van der Waals surface area contributed by atoms with Gasteiger partial charge < -0.3 is 9.30 Å². The lowest BCUT2D eigenvalue weighted by Crippen LogP contribution is -2.41. The van der Waals surface area contributed by atoms with E-state index in [1.807, 2.05) is 35.8 Å². The number of methoxy groups -OCH3 is 1. The molecule has 7 nitrogen and oxygen atoms in total. The zero-order valence-electron chi connectivity index (χ0n) is 18.5. The summed E-state index contributed by atoms with van der Waals surface area (Å²) in [6.45, 7) is 3.05. The zero-order chi connectivity index (χ0) is 23.4. The molecule has 1 aliphatic heterocycles. The first kappa shape index (κ1) is 23.3. The van der Waals surface area contributed by atoms with E-state index >= 15 is 0 Å². The molecule has 2 aromatic carbocycles. The van der Waals surface area contributed by atoms with E-state index in [0.717, 1.165) is 18.4 Å². The first-order valence-corrected chi connectivity index (χ1v) is 12.1. The van der Waals surface area contributed by atoms with Crippen molar-refractivity contribution in [1.29, 1.82) is 0 Å². The molecule has 0 spiro atoms. The maximum absolute atomic E-state index is 13.4. The third-order valence-corrected chi connectivity index (χ3v) is 7.09. The molecule has 2 amide bonds. The number of nitrogens with zero attached hydrogens (tertiary/aromatic N) is 4. The molecule has 1 saturated heterocycles. The molecule has 3 aromatic rings. The van der Waals surface area contributed by atoms with E-state index in [1.54, 1.807) is 31.4 Å². The van der Waals surface area contributed by atoms with Gasteiger partial charge in [-0.15, -0.1) is 10.2 Å². The summed E-state index contributed by atoms with van der Waals surface area (Å²) in [7, 11) is 1.62. The van der Waals surface area contributed by atoms with E-state index in [4.69, 9.17) is 16.3 Å². The lowest BCUT2D eigenvalue weighted by Gasteiger charge is -2.22. The summed E-state index contributed by atoms with van der Waals surface area (Å²) in [5, 5.41) is 9.57. The fraction of sp³-hybridized carbons (Fsp3) is 0.333. The summed E-state index contributed by atoms with van der Waals surface area (Å²) in [5.74, 6) is 0.909. The van der Waals surface area contributed by atoms with Crippen molar-refractivity contribution in [1.82, 2.24) is 19.7 Å². The van der Waals surface area contributed by atoms with Gasteiger partial charge in [-0.25, -0.2) is 0 Å². The normalized spacial score (nSPS) is 16.5. The Balaban J connectivity index is 1.59. The number of carbonyl (C=O) groups is 2. The molecule has 33 heavy (non-hydrogen) atoms. The maximum Gasteiger partial charge on any atom is 0.260 e. The van der Waals surface area contributed by atoms with Crippen LogP contribution in [0.3, 0.4) is 0 Å². The average Bonchev–Trinajstić information content (AvgIpc) is 3.15. The highest BCUT2D eigenvalue weighted by atomic mass is 35.5. The third kappa shape index (κ3) is 4.91. The van der Waals surface area contributed by atoms with Crippen LogP contribution in [0.5, 0.6) is 5.75 Å². The van der Waals surface area contributed by atoms with Crippen LogP contribution >= 0.6 is 23.4 Å². The zero-order valence-corrected chi connectivity index (χ0v) is 20.1. The molecule has 1 aromatic heterocycles. The second kappa shape index (κ2) is 10.4. The summed E-state index contributed by atoms with van der Waals surface area (Å²) in [6.07, 6.45) is 2.30. The van der Waals surface area contributed by atoms with Crippen molar-refractivity contribution < 1.29 is 14.3 Å². The van der Waals surface area contributed by atoms with Crippen molar-refractivity contribution in [3.8, 4) is 17.1 Å². The Morgan fingerprint density at radius 3 is 2.64 bits per heavy atom. The van der Waals surface area contributed by atoms with Crippen molar-refractivity contribution in [3.05, 3.63) is 59.1 Å². The number of ether oxygens (including phenoxy) is 1. The van der Waals surface area contributed by atoms with Crippen LogP contribution in [0.2, 0.25) is 5.02 Å². The predicted octanol–water partition coefficient (Wildman–Crippen LogP) is 4.94. The van der Waals surface area contributed by atoms with E-state index in [2.05, 4.69) is 10.2 Å². The van der Waals surface area contributed by atoms with E-state index < -0.39 is 5.25 Å². The number of carbonyl (C=O) groups excluding carboxylic acids is 2. The van der Waals surface area contributed by atoms with Crippen LogP contribution < -0.4 is 4.74 Å². The molecular weight excluding hydrogens is 460 g/mol. The molecule has 172 valence electrons. The number of halogens is 1. The molecule has 0 radical (unpaired) electrons. The Morgan fingerprint density at radius 1 is 1.15 bits per heavy atom. The molecule has 4 rings (SSSR count). The molecule has 0 N–H and O–H groups in total. The van der Waals surface area contributed by atoms with Crippen LogP contribution in [0.1, 0.15) is 36.5 Å². The highest BCUT2D eigenvalue weighted by Gasteiger charge is 2.33. The summed E-state index contributed by atoms with van der Waals surface area (Å²) in [4.78, 5) is 27.8. The molecule has 0 aliphatic carbocycles. The van der Waals surface area contributed by atoms with E-state index in [9.17, 15) is 9.59 Å². The smallest absolute Gasteiger partial charge is 0.260 e. The summed E-state index contributed by atoms with van der Waals surface area (Å²) in [5.41, 5.74) is 1.29. The molecule has 0 saturated carbocycles. The largest absolute Gasteiger partial charge is 0.496 e. The fourth-order valence-electron chi connectivity index (χ4n) is 3.88. The van der Waals surface area contributed by atoms with Crippen LogP contribution in [-0.2, 0) is 11.3 Å². The lowest BCUT2D eigenvalue weighted by molar-refractivity contribution is -0.127. The van der Waals surface area contributed by atoms with Crippen molar-refractivity contribution >= 4 is 35.2 Å². The predicted molar refractivity (Wildman–Crippen MR) is 129 cm³/mol. The van der Waals surface area contributed by atoms with Crippen LogP contribution in [0.15, 0.2) is 53.7 Å². The number of hydrogen-bond donors (Lipinski definition) is 0. The Morgan fingerprint density at radius 2 is 1.91 bits per heavy atom. The second-order valence-electron chi connectivity index (χ2n) is 7.65. The van der Waals surface area contributed by atoms with Crippen molar-refractivity contribution in [2.75, 3.05) is 13.7 Å². The summed E-state index contributed by atoms with van der Waals surface area (Å²) >= 11 is 7.31. The van der Waals surface area contributed by atoms with Crippen LogP contribution in [0, 0.1) is 0 Å². The van der Waals surface area contributed by atoms with Gasteiger partial charge in [0.25, 0.3) is 5.91 Å². The maximum atomic E-state index is 13.4.